The molecule has 1 aliphatic heterocycles. The van der Waals surface area contributed by atoms with Gasteiger partial charge < -0.3 is 5.32 Å². The minimum Gasteiger partial charge on any atom is -0.351 e. The summed E-state index contributed by atoms with van der Waals surface area (Å²) in [6, 6.07) is 12.3. The van der Waals surface area contributed by atoms with Crippen molar-refractivity contribution in [2.75, 3.05) is 18.0 Å². The molecule has 4 rings (SSSR count). The van der Waals surface area contributed by atoms with Gasteiger partial charge in [-0.25, -0.2) is 8.42 Å². The van der Waals surface area contributed by atoms with Crippen LogP contribution in [0.3, 0.4) is 0 Å². The van der Waals surface area contributed by atoms with E-state index in [-0.39, 0.29) is 29.9 Å². The molecule has 0 unspecified atom stereocenters. The van der Waals surface area contributed by atoms with E-state index < -0.39 is 21.5 Å². The van der Waals surface area contributed by atoms with Crippen molar-refractivity contribution in [1.82, 2.24) is 9.62 Å². The minimum atomic E-state index is -3.97. The average Bonchev–Trinajstić information content (AvgIpc) is 2.81. The number of nitrogens with one attached hydrogen (secondary N) is 1. The predicted molar refractivity (Wildman–Crippen MR) is 137 cm³/mol. The quantitative estimate of drug-likeness (QED) is 0.680. The van der Waals surface area contributed by atoms with Gasteiger partial charge in [-0.15, -0.1) is 0 Å². The SMILES string of the molecule is Cc1ccc(S(=O)(=O)N2CC(=O)N(c3ccc(C)cc3C)[C@](C)(C(=O)NC3CCCCC3)C2)cc1. The van der Waals surface area contributed by atoms with Crippen molar-refractivity contribution in [2.24, 2.45) is 0 Å². The van der Waals surface area contributed by atoms with Crippen molar-refractivity contribution >= 4 is 27.5 Å². The lowest BCUT2D eigenvalue weighted by Crippen LogP contribution is -2.71. The first-order chi connectivity index (χ1) is 16.5. The molecule has 1 aliphatic carbocycles. The third-order valence-electron chi connectivity index (χ3n) is 7.22. The first-order valence-electron chi connectivity index (χ1n) is 12.3. The molecular weight excluding hydrogens is 462 g/mol. The number of anilines is 1. The molecule has 0 bridgehead atoms. The molecule has 1 saturated heterocycles. The fraction of sp³-hybridized carbons (Fsp3) is 0.481. The number of aryl methyl sites for hydroxylation is 3. The molecule has 0 spiro atoms. The van der Waals surface area contributed by atoms with E-state index in [0.29, 0.717) is 5.69 Å². The van der Waals surface area contributed by atoms with Gasteiger partial charge in [-0.2, -0.15) is 4.31 Å². The molecule has 188 valence electrons. The van der Waals surface area contributed by atoms with Gasteiger partial charge in [-0.3, -0.25) is 14.5 Å². The molecule has 2 aromatic rings. The third kappa shape index (κ3) is 5.00. The number of carbonyl (C=O) groups is 2. The van der Waals surface area contributed by atoms with Crippen LogP contribution in [0, 0.1) is 20.8 Å². The van der Waals surface area contributed by atoms with Gasteiger partial charge in [0.15, 0.2) is 0 Å². The van der Waals surface area contributed by atoms with E-state index in [0.717, 1.165) is 53.1 Å². The summed E-state index contributed by atoms with van der Waals surface area (Å²) in [6.45, 7) is 7.00. The van der Waals surface area contributed by atoms with Crippen LogP contribution >= 0.6 is 0 Å². The fourth-order valence-corrected chi connectivity index (χ4v) is 6.69. The van der Waals surface area contributed by atoms with Crippen LogP contribution in [0.2, 0.25) is 0 Å². The molecule has 8 heteroatoms. The van der Waals surface area contributed by atoms with Gasteiger partial charge >= 0.3 is 0 Å². The molecular formula is C27H35N3O4S. The Morgan fingerprint density at radius 2 is 1.60 bits per heavy atom. The van der Waals surface area contributed by atoms with E-state index in [9.17, 15) is 18.0 Å². The Hall–Kier alpha value is -2.71. The molecule has 2 amide bonds. The van der Waals surface area contributed by atoms with Gasteiger partial charge in [0.1, 0.15) is 5.54 Å². The Balaban J connectivity index is 1.74. The molecule has 2 aromatic carbocycles. The van der Waals surface area contributed by atoms with Crippen LogP contribution in [-0.4, -0.2) is 49.2 Å². The summed E-state index contributed by atoms with van der Waals surface area (Å²) in [6.07, 6.45) is 5.04. The number of carbonyl (C=O) groups excluding carboxylic acids is 2. The first kappa shape index (κ1) is 25.4. The summed E-state index contributed by atoms with van der Waals surface area (Å²) in [4.78, 5) is 29.1. The monoisotopic (exact) mass is 497 g/mol. The van der Waals surface area contributed by atoms with Gasteiger partial charge in [-0.1, -0.05) is 54.7 Å². The highest BCUT2D eigenvalue weighted by Gasteiger charge is 2.51. The second-order valence-corrected chi connectivity index (χ2v) is 12.1. The van der Waals surface area contributed by atoms with Crippen molar-refractivity contribution < 1.29 is 18.0 Å². The molecule has 0 radical (unpaired) electrons. The highest BCUT2D eigenvalue weighted by Crippen LogP contribution is 2.35. The molecule has 1 atom stereocenters. The third-order valence-corrected chi connectivity index (χ3v) is 9.03. The van der Waals surface area contributed by atoms with Gasteiger partial charge in [0.05, 0.1) is 11.4 Å². The Morgan fingerprint density at radius 3 is 2.23 bits per heavy atom. The fourth-order valence-electron chi connectivity index (χ4n) is 5.21. The van der Waals surface area contributed by atoms with Gasteiger partial charge in [0.2, 0.25) is 21.8 Å². The summed E-state index contributed by atoms with van der Waals surface area (Å²) in [7, 11) is -3.97. The number of hydrogen-bond acceptors (Lipinski definition) is 4. The van der Waals surface area contributed by atoms with Crippen LogP contribution in [0.5, 0.6) is 0 Å². The Bertz CT molecular complexity index is 1220. The molecule has 1 saturated carbocycles. The maximum atomic E-state index is 13.8. The summed E-state index contributed by atoms with van der Waals surface area (Å²) < 4.78 is 28.2. The van der Waals surface area contributed by atoms with E-state index in [4.69, 9.17) is 0 Å². The normalized spacial score (nSPS) is 22.3. The second-order valence-electron chi connectivity index (χ2n) is 10.2. The molecule has 1 N–H and O–H groups in total. The van der Waals surface area contributed by atoms with E-state index in [1.807, 2.05) is 39.0 Å². The lowest BCUT2D eigenvalue weighted by atomic mass is 9.90. The predicted octanol–water partition coefficient (Wildman–Crippen LogP) is 3.86. The van der Waals surface area contributed by atoms with E-state index in [1.54, 1.807) is 31.2 Å². The zero-order chi connectivity index (χ0) is 25.4. The number of sulfonamides is 1. The summed E-state index contributed by atoms with van der Waals surface area (Å²) >= 11 is 0. The smallest absolute Gasteiger partial charge is 0.247 e. The average molecular weight is 498 g/mol. The maximum Gasteiger partial charge on any atom is 0.247 e. The van der Waals surface area contributed by atoms with Crippen molar-refractivity contribution in [3.63, 3.8) is 0 Å². The van der Waals surface area contributed by atoms with Crippen LogP contribution in [0.15, 0.2) is 47.4 Å². The molecule has 1 heterocycles. The van der Waals surface area contributed by atoms with Gasteiger partial charge in [0.25, 0.3) is 0 Å². The summed E-state index contributed by atoms with van der Waals surface area (Å²) in [5.41, 5.74) is 2.09. The number of piperazine rings is 1. The van der Waals surface area contributed by atoms with Crippen molar-refractivity contribution in [3.05, 3.63) is 59.2 Å². The van der Waals surface area contributed by atoms with Crippen LogP contribution in [-0.2, 0) is 19.6 Å². The molecule has 2 aliphatic rings. The van der Waals surface area contributed by atoms with Crippen molar-refractivity contribution in [3.8, 4) is 0 Å². The highest BCUT2D eigenvalue weighted by atomic mass is 32.2. The largest absolute Gasteiger partial charge is 0.351 e. The van der Waals surface area contributed by atoms with E-state index >= 15 is 0 Å². The highest BCUT2D eigenvalue weighted by molar-refractivity contribution is 7.89. The van der Waals surface area contributed by atoms with E-state index in [2.05, 4.69) is 5.32 Å². The van der Waals surface area contributed by atoms with Crippen LogP contribution in [0.4, 0.5) is 5.69 Å². The Labute approximate surface area is 208 Å². The summed E-state index contributed by atoms with van der Waals surface area (Å²) in [5.74, 6) is -0.735. The van der Waals surface area contributed by atoms with Crippen LogP contribution in [0.1, 0.15) is 55.7 Å². The molecule has 7 nitrogen and oxygen atoms in total. The Morgan fingerprint density at radius 1 is 0.971 bits per heavy atom. The molecule has 2 fully saturated rings. The maximum absolute atomic E-state index is 13.8. The van der Waals surface area contributed by atoms with Crippen molar-refractivity contribution in [2.45, 2.75) is 76.3 Å². The van der Waals surface area contributed by atoms with Crippen LogP contribution < -0.4 is 10.2 Å². The number of amides is 2. The first-order valence-corrected chi connectivity index (χ1v) is 13.7. The molecule has 0 aromatic heterocycles. The summed E-state index contributed by atoms with van der Waals surface area (Å²) in [5, 5.41) is 3.15. The molecule has 35 heavy (non-hydrogen) atoms. The zero-order valence-electron chi connectivity index (χ0n) is 21.0. The minimum absolute atomic E-state index is 0.0354. The van der Waals surface area contributed by atoms with Gasteiger partial charge in [-0.05, 0) is 64.3 Å². The van der Waals surface area contributed by atoms with E-state index in [1.165, 1.54) is 4.90 Å². The number of hydrogen-bond donors (Lipinski definition) is 1. The number of benzene rings is 2. The van der Waals surface area contributed by atoms with Gasteiger partial charge in [0, 0.05) is 18.3 Å². The lowest BCUT2D eigenvalue weighted by Gasteiger charge is -2.47. The van der Waals surface area contributed by atoms with Crippen LogP contribution in [0.25, 0.3) is 0 Å². The standard InChI is InChI=1S/C27H35N3O4S/c1-19-10-13-23(14-11-19)35(33,34)29-17-25(31)30(24-15-12-20(2)16-21(24)3)27(4,18-29)26(32)28-22-8-6-5-7-9-22/h10-16,22H,5-9,17-18H2,1-4H3,(H,28,32)/t27-/m0/s1. The number of nitrogens with zero attached hydrogens (tertiary/aromatic N) is 2. The van der Waals surface area contributed by atoms with Crippen molar-refractivity contribution in [1.29, 1.82) is 0 Å². The Kier molecular flexibility index (Phi) is 7.06. The second kappa shape index (κ2) is 9.74. The topological polar surface area (TPSA) is 86.8 Å². The lowest BCUT2D eigenvalue weighted by molar-refractivity contribution is -0.133. The number of rotatable bonds is 5. The zero-order valence-corrected chi connectivity index (χ0v) is 21.8.